The zero-order chi connectivity index (χ0) is 12.2. The maximum Gasteiger partial charge on any atom is 0.250 e. The highest BCUT2D eigenvalue weighted by Crippen LogP contribution is 2.32. The molecule has 1 aliphatic rings. The molecule has 1 amide bonds. The van der Waals surface area contributed by atoms with E-state index in [0.717, 1.165) is 25.7 Å². The summed E-state index contributed by atoms with van der Waals surface area (Å²) in [5, 5.41) is 21.2. The molecule has 0 saturated carbocycles. The van der Waals surface area contributed by atoms with Gasteiger partial charge in [-0.2, -0.15) is 0 Å². The van der Waals surface area contributed by atoms with E-state index >= 15 is 0 Å². The number of hydrogen-bond donors (Lipinski definition) is 3. The van der Waals surface area contributed by atoms with E-state index in [1.165, 1.54) is 0 Å². The van der Waals surface area contributed by atoms with Gasteiger partial charge in [0, 0.05) is 5.57 Å². The Morgan fingerprint density at radius 3 is 2.56 bits per heavy atom. The Kier molecular flexibility index (Phi) is 4.95. The van der Waals surface area contributed by atoms with Crippen molar-refractivity contribution >= 4 is 21.8 Å². The molecule has 0 fully saturated rings. The summed E-state index contributed by atoms with van der Waals surface area (Å²) in [7, 11) is 0. The number of rotatable bonds is 6. The minimum absolute atomic E-state index is 0.292. The molecule has 0 aromatic heterocycles. The first-order valence-corrected chi connectivity index (χ1v) is 6.39. The van der Waals surface area contributed by atoms with E-state index in [4.69, 9.17) is 5.11 Å². The van der Waals surface area contributed by atoms with Gasteiger partial charge in [-0.25, -0.2) is 0 Å². The van der Waals surface area contributed by atoms with Crippen molar-refractivity contribution in [2.24, 2.45) is 0 Å². The van der Waals surface area contributed by atoms with Crippen LogP contribution >= 0.6 is 15.9 Å². The molecule has 4 nitrogen and oxygen atoms in total. The summed E-state index contributed by atoms with van der Waals surface area (Å²) in [6.07, 6.45) is 4.93. The van der Waals surface area contributed by atoms with Crippen LogP contribution in [0.15, 0.2) is 10.1 Å². The Morgan fingerprint density at radius 2 is 2.06 bits per heavy atom. The van der Waals surface area contributed by atoms with Crippen LogP contribution in [0.25, 0.3) is 0 Å². The largest absolute Gasteiger partial charge is 0.391 e. The van der Waals surface area contributed by atoms with E-state index in [-0.39, 0.29) is 5.91 Å². The van der Waals surface area contributed by atoms with Gasteiger partial charge in [0.1, 0.15) is 0 Å². The molecule has 1 aliphatic heterocycles. The van der Waals surface area contributed by atoms with Crippen LogP contribution in [-0.2, 0) is 4.79 Å². The van der Waals surface area contributed by atoms with Gasteiger partial charge in [-0.3, -0.25) is 4.79 Å². The fourth-order valence-electron chi connectivity index (χ4n) is 1.73. The van der Waals surface area contributed by atoms with Crippen molar-refractivity contribution in [3.8, 4) is 0 Å². The average Bonchev–Trinajstić information content (AvgIpc) is 2.48. The summed E-state index contributed by atoms with van der Waals surface area (Å²) in [6, 6.07) is 0. The second-order valence-electron chi connectivity index (χ2n) is 4.08. The average molecular weight is 292 g/mol. The fourth-order valence-corrected chi connectivity index (χ4v) is 2.33. The lowest BCUT2D eigenvalue weighted by Crippen LogP contribution is -2.46. The van der Waals surface area contributed by atoms with E-state index in [1.54, 1.807) is 0 Å². The van der Waals surface area contributed by atoms with Crippen LogP contribution in [0, 0.1) is 0 Å². The third kappa shape index (κ3) is 2.84. The fraction of sp³-hybridized carbons (Fsp3) is 0.727. The molecule has 0 spiro atoms. The predicted octanol–water partition coefficient (Wildman–Crippen LogP) is 1.42. The van der Waals surface area contributed by atoms with Crippen LogP contribution in [0.1, 0.15) is 39.0 Å². The molecule has 92 valence electrons. The molecule has 0 bridgehead atoms. The molecule has 0 aromatic carbocycles. The number of aliphatic hydroxyl groups excluding tert-OH is 1. The molecule has 1 unspecified atom stereocenters. The highest BCUT2D eigenvalue weighted by molar-refractivity contribution is 9.11. The van der Waals surface area contributed by atoms with E-state index in [2.05, 4.69) is 28.2 Å². The van der Waals surface area contributed by atoms with E-state index in [0.29, 0.717) is 16.5 Å². The Balaban J connectivity index is 2.60. The molecule has 0 aromatic rings. The number of carbonyl (C=O) groups is 1. The van der Waals surface area contributed by atoms with Gasteiger partial charge in [-0.1, -0.05) is 26.2 Å². The molecule has 1 atom stereocenters. The van der Waals surface area contributed by atoms with E-state index < -0.39 is 12.3 Å². The number of carbonyl (C=O) groups excluding carboxylic acids is 1. The topological polar surface area (TPSA) is 69.6 Å². The van der Waals surface area contributed by atoms with Crippen molar-refractivity contribution in [3.63, 3.8) is 0 Å². The first-order chi connectivity index (χ1) is 7.55. The maximum atomic E-state index is 11.6. The third-order valence-electron chi connectivity index (χ3n) is 2.73. The first-order valence-electron chi connectivity index (χ1n) is 5.60. The zero-order valence-corrected chi connectivity index (χ0v) is 11.0. The van der Waals surface area contributed by atoms with Gasteiger partial charge >= 0.3 is 0 Å². The van der Waals surface area contributed by atoms with Gasteiger partial charge in [0.15, 0.2) is 5.72 Å². The second kappa shape index (κ2) is 5.80. The number of unbranched alkanes of at least 4 members (excludes halogenated alkanes) is 3. The molecule has 16 heavy (non-hydrogen) atoms. The van der Waals surface area contributed by atoms with Crippen molar-refractivity contribution in [1.29, 1.82) is 0 Å². The van der Waals surface area contributed by atoms with Crippen LogP contribution in [0.5, 0.6) is 0 Å². The summed E-state index contributed by atoms with van der Waals surface area (Å²) < 4.78 is 0.379. The third-order valence-corrected chi connectivity index (χ3v) is 3.87. The highest BCUT2D eigenvalue weighted by atomic mass is 79.9. The maximum absolute atomic E-state index is 11.6. The SMILES string of the molecule is CCCCCCC1=C(Br)C(O)(CO)NC1=O. The van der Waals surface area contributed by atoms with Crippen LogP contribution in [0.4, 0.5) is 0 Å². The van der Waals surface area contributed by atoms with Gasteiger partial charge in [0.25, 0.3) is 5.91 Å². The molecular formula is C11H18BrNO3. The second-order valence-corrected chi connectivity index (χ2v) is 4.87. The van der Waals surface area contributed by atoms with Crippen molar-refractivity contribution < 1.29 is 15.0 Å². The Bertz CT molecular complexity index is 304. The molecule has 1 rings (SSSR count). The van der Waals surface area contributed by atoms with Crippen LogP contribution in [0.2, 0.25) is 0 Å². The molecule has 0 saturated heterocycles. The van der Waals surface area contributed by atoms with Gasteiger partial charge in [-0.15, -0.1) is 0 Å². The van der Waals surface area contributed by atoms with Gasteiger partial charge < -0.3 is 15.5 Å². The van der Waals surface area contributed by atoms with Gasteiger partial charge in [-0.05, 0) is 28.8 Å². The standard InChI is InChI=1S/C11H18BrNO3/c1-2-3-4-5-6-8-9(12)11(16,7-14)13-10(8)15/h14,16H,2-7H2,1H3,(H,13,15). The van der Waals surface area contributed by atoms with E-state index in [1.807, 2.05) is 0 Å². The number of amides is 1. The molecule has 0 radical (unpaired) electrons. The number of hydrogen-bond acceptors (Lipinski definition) is 3. The number of nitrogens with one attached hydrogen (secondary N) is 1. The molecule has 5 heteroatoms. The van der Waals surface area contributed by atoms with Crippen molar-refractivity contribution in [2.45, 2.75) is 44.8 Å². The van der Waals surface area contributed by atoms with E-state index in [9.17, 15) is 9.90 Å². The molecule has 3 N–H and O–H groups in total. The minimum atomic E-state index is -1.61. The monoisotopic (exact) mass is 291 g/mol. The van der Waals surface area contributed by atoms with Crippen molar-refractivity contribution in [1.82, 2.24) is 5.32 Å². The quantitative estimate of drug-likeness (QED) is 0.648. The first kappa shape index (κ1) is 13.7. The summed E-state index contributed by atoms with van der Waals surface area (Å²) in [5.74, 6) is -0.292. The lowest BCUT2D eigenvalue weighted by atomic mass is 10.1. The van der Waals surface area contributed by atoms with Crippen LogP contribution < -0.4 is 5.32 Å². The molecule has 0 aliphatic carbocycles. The van der Waals surface area contributed by atoms with Gasteiger partial charge in [0.2, 0.25) is 0 Å². The normalized spacial score (nSPS) is 25.1. The summed E-state index contributed by atoms with van der Waals surface area (Å²) in [4.78, 5) is 11.6. The van der Waals surface area contributed by atoms with Crippen LogP contribution in [-0.4, -0.2) is 28.5 Å². The smallest absolute Gasteiger partial charge is 0.250 e. The predicted molar refractivity (Wildman–Crippen MR) is 64.9 cm³/mol. The summed E-state index contributed by atoms with van der Waals surface area (Å²) in [5.41, 5.74) is -1.07. The summed E-state index contributed by atoms with van der Waals surface area (Å²) in [6.45, 7) is 1.61. The van der Waals surface area contributed by atoms with Crippen molar-refractivity contribution in [2.75, 3.05) is 6.61 Å². The van der Waals surface area contributed by atoms with Gasteiger partial charge in [0.05, 0.1) is 11.1 Å². The van der Waals surface area contributed by atoms with Crippen LogP contribution in [0.3, 0.4) is 0 Å². The Labute approximate surface area is 104 Å². The zero-order valence-electron chi connectivity index (χ0n) is 9.42. The Morgan fingerprint density at radius 1 is 1.38 bits per heavy atom. The highest BCUT2D eigenvalue weighted by Gasteiger charge is 2.41. The Hall–Kier alpha value is -0.390. The molecular weight excluding hydrogens is 274 g/mol. The molecule has 1 heterocycles. The van der Waals surface area contributed by atoms with Crippen molar-refractivity contribution in [3.05, 3.63) is 10.1 Å². The lowest BCUT2D eigenvalue weighted by molar-refractivity contribution is -0.122. The summed E-state index contributed by atoms with van der Waals surface area (Å²) >= 11 is 3.18. The number of aliphatic hydroxyl groups is 2. The lowest BCUT2D eigenvalue weighted by Gasteiger charge is -2.20. The minimum Gasteiger partial charge on any atom is -0.391 e. The number of halogens is 1.